The van der Waals surface area contributed by atoms with Gasteiger partial charge in [-0.05, 0) is 31.2 Å². The highest BCUT2D eigenvalue weighted by Gasteiger charge is 2.22. The molecule has 0 aliphatic rings. The third kappa shape index (κ3) is 4.17. The number of carboxylic acids is 1. The molecule has 0 unspecified atom stereocenters. The molecule has 0 spiro atoms. The van der Waals surface area contributed by atoms with E-state index < -0.39 is 10.9 Å². The molecule has 0 fully saturated rings. The first-order valence-electron chi connectivity index (χ1n) is 7.09. The van der Waals surface area contributed by atoms with Gasteiger partial charge in [0.2, 0.25) is 0 Å². The highest BCUT2D eigenvalue weighted by atomic mass is 35.5. The van der Waals surface area contributed by atoms with Crippen LogP contribution in [0.1, 0.15) is 6.92 Å². The summed E-state index contributed by atoms with van der Waals surface area (Å²) in [6.07, 6.45) is 1.20. The normalized spacial score (nSPS) is 10.1. The molecule has 3 aromatic rings. The van der Waals surface area contributed by atoms with Crippen LogP contribution in [0.3, 0.4) is 0 Å². The Balaban J connectivity index is 0.000000552. The number of halogens is 1. The number of carbonyl (C=O) groups excluding carboxylic acids is 1. The third-order valence-electron chi connectivity index (χ3n) is 3.23. The summed E-state index contributed by atoms with van der Waals surface area (Å²) in [5, 5.41) is 30.0. The minimum atomic E-state index is -1.08. The molecule has 0 aliphatic heterocycles. The smallest absolute Gasteiger partial charge is 0.362 e. The number of phenols is 1. The van der Waals surface area contributed by atoms with Crippen molar-refractivity contribution >= 4 is 34.2 Å². The number of aromatic hydroxyl groups is 1. The maximum Gasteiger partial charge on any atom is 0.362 e. The van der Waals surface area contributed by atoms with Gasteiger partial charge in [-0.25, -0.2) is 0 Å². The Morgan fingerprint density at radius 1 is 1.23 bits per heavy atom. The zero-order chi connectivity index (χ0) is 19.4. The number of rotatable bonds is 2. The maximum absolute atomic E-state index is 11.2. The van der Waals surface area contributed by atoms with Crippen LogP contribution in [0.4, 0.5) is 5.69 Å². The van der Waals surface area contributed by atoms with Crippen LogP contribution in [-0.2, 0) is 4.79 Å². The van der Waals surface area contributed by atoms with Crippen LogP contribution in [-0.4, -0.2) is 20.8 Å². The van der Waals surface area contributed by atoms with Gasteiger partial charge in [-0.15, -0.1) is 0 Å². The van der Waals surface area contributed by atoms with Crippen molar-refractivity contribution in [1.29, 1.82) is 0 Å². The highest BCUT2D eigenvalue weighted by Crippen LogP contribution is 2.31. The molecule has 0 radical (unpaired) electrons. The summed E-state index contributed by atoms with van der Waals surface area (Å²) in [6, 6.07) is 8.33. The average Bonchev–Trinajstić information content (AvgIpc) is 2.55. The van der Waals surface area contributed by atoms with E-state index in [1.54, 1.807) is 0 Å². The molecule has 0 atom stereocenters. The van der Waals surface area contributed by atoms with Gasteiger partial charge in [-0.1, -0.05) is 11.6 Å². The third-order valence-corrected chi connectivity index (χ3v) is 3.46. The Morgan fingerprint density at radius 2 is 1.88 bits per heavy atom. The number of nitro groups is 1. The molecule has 134 valence electrons. The van der Waals surface area contributed by atoms with E-state index >= 15 is 0 Å². The van der Waals surface area contributed by atoms with Crippen LogP contribution in [0.15, 0.2) is 47.1 Å². The fraction of sp³-hybridized carbons (Fsp3) is 0.0588. The Hall–Kier alpha value is -3.39. The van der Waals surface area contributed by atoms with E-state index in [4.69, 9.17) is 25.9 Å². The van der Waals surface area contributed by atoms with Crippen molar-refractivity contribution < 1.29 is 29.1 Å². The molecule has 1 aromatic heterocycles. The number of hydrogen-bond acceptors (Lipinski definition) is 6. The van der Waals surface area contributed by atoms with Crippen molar-refractivity contribution in [2.45, 2.75) is 6.92 Å². The van der Waals surface area contributed by atoms with Gasteiger partial charge < -0.3 is 19.4 Å². The average molecular weight is 378 g/mol. The second kappa shape index (κ2) is 7.66. The Kier molecular flexibility index (Phi) is 5.58. The first-order valence-corrected chi connectivity index (χ1v) is 7.47. The SMILES string of the molecule is CC(=O)[O-].O=[N+]([O-])c1cc(Cl)ccc1-c1coc2cc(O)ccc2c1=[OH+]. The maximum atomic E-state index is 11.2. The number of hydrogen-bond donors (Lipinski definition) is 1. The predicted molar refractivity (Wildman–Crippen MR) is 90.7 cm³/mol. The van der Waals surface area contributed by atoms with Crippen molar-refractivity contribution in [3.8, 4) is 16.9 Å². The Bertz CT molecular complexity index is 1050. The molecule has 0 amide bonds. The van der Waals surface area contributed by atoms with Crippen molar-refractivity contribution in [3.05, 3.63) is 63.2 Å². The Morgan fingerprint density at radius 3 is 2.50 bits per heavy atom. The summed E-state index contributed by atoms with van der Waals surface area (Å²) in [4.78, 5) is 29.8. The molecule has 9 heteroatoms. The molecule has 0 saturated carbocycles. The first kappa shape index (κ1) is 18.9. The second-order valence-electron chi connectivity index (χ2n) is 5.09. The molecule has 8 nitrogen and oxygen atoms in total. The summed E-state index contributed by atoms with van der Waals surface area (Å²) in [6.45, 7) is 0.972. The van der Waals surface area contributed by atoms with Crippen molar-refractivity contribution in [1.82, 2.24) is 0 Å². The zero-order valence-electron chi connectivity index (χ0n) is 13.3. The molecule has 2 aromatic carbocycles. The number of fused-ring (bicyclic) bond motifs is 1. The van der Waals surface area contributed by atoms with Gasteiger partial charge in [0.25, 0.3) is 5.69 Å². The molecule has 0 aliphatic carbocycles. The van der Waals surface area contributed by atoms with Crippen molar-refractivity contribution in [2.24, 2.45) is 0 Å². The van der Waals surface area contributed by atoms with E-state index in [1.807, 2.05) is 0 Å². The lowest BCUT2D eigenvalue weighted by Gasteiger charge is -2.02. The number of phenolic OH excluding ortho intramolecular Hbond substituents is 1. The van der Waals surface area contributed by atoms with Crippen LogP contribution in [0.25, 0.3) is 22.1 Å². The molecule has 2 N–H and O–H groups in total. The first-order chi connectivity index (χ1) is 12.2. The van der Waals surface area contributed by atoms with E-state index in [0.29, 0.717) is 5.39 Å². The molecular formula is C17H12ClNO7. The second-order valence-corrected chi connectivity index (χ2v) is 5.53. The van der Waals surface area contributed by atoms with E-state index in [1.165, 1.54) is 42.7 Å². The van der Waals surface area contributed by atoms with Gasteiger partial charge in [0.1, 0.15) is 28.5 Å². The molecular weight excluding hydrogens is 366 g/mol. The van der Waals surface area contributed by atoms with Gasteiger partial charge in [0, 0.05) is 23.1 Å². The monoisotopic (exact) mass is 377 g/mol. The van der Waals surface area contributed by atoms with E-state index in [-0.39, 0.29) is 38.6 Å². The number of aliphatic carboxylic acids is 1. The van der Waals surface area contributed by atoms with Gasteiger partial charge in [0.15, 0.2) is 0 Å². The fourth-order valence-corrected chi connectivity index (χ4v) is 2.37. The van der Waals surface area contributed by atoms with Crippen LogP contribution in [0.5, 0.6) is 5.75 Å². The van der Waals surface area contributed by atoms with E-state index in [2.05, 4.69) is 0 Å². The van der Waals surface area contributed by atoms with Gasteiger partial charge in [-0.3, -0.25) is 14.9 Å². The lowest BCUT2D eigenvalue weighted by molar-refractivity contribution is -0.384. The van der Waals surface area contributed by atoms with Crippen LogP contribution in [0, 0.1) is 10.1 Å². The molecule has 26 heavy (non-hydrogen) atoms. The number of benzene rings is 2. The lowest BCUT2D eigenvalue weighted by Crippen LogP contribution is -2.16. The molecule has 0 bridgehead atoms. The van der Waals surface area contributed by atoms with Crippen LogP contribution in [0.2, 0.25) is 5.02 Å². The summed E-state index contributed by atoms with van der Waals surface area (Å²) >= 11 is 5.78. The van der Waals surface area contributed by atoms with Gasteiger partial charge >= 0.3 is 5.43 Å². The highest BCUT2D eigenvalue weighted by molar-refractivity contribution is 6.30. The fourth-order valence-electron chi connectivity index (χ4n) is 2.20. The van der Waals surface area contributed by atoms with E-state index in [0.717, 1.165) is 6.92 Å². The van der Waals surface area contributed by atoms with Crippen molar-refractivity contribution in [3.63, 3.8) is 0 Å². The molecule has 3 rings (SSSR count). The summed E-state index contributed by atoms with van der Waals surface area (Å²) in [5.74, 6) is -1.10. The largest absolute Gasteiger partial charge is 0.550 e. The quantitative estimate of drug-likeness (QED) is 0.412. The van der Waals surface area contributed by atoms with Crippen LogP contribution >= 0.6 is 11.6 Å². The zero-order valence-corrected chi connectivity index (χ0v) is 14.1. The van der Waals surface area contributed by atoms with Crippen LogP contribution < -0.4 is 10.5 Å². The number of carboxylic acid groups (broad SMARTS) is 1. The summed E-state index contributed by atoms with van der Waals surface area (Å²) < 4.78 is 5.35. The van der Waals surface area contributed by atoms with E-state index in [9.17, 15) is 20.0 Å². The molecule has 0 saturated heterocycles. The van der Waals surface area contributed by atoms with Crippen molar-refractivity contribution in [2.75, 3.05) is 0 Å². The predicted octanol–water partition coefficient (Wildman–Crippen LogP) is 2.13. The lowest BCUT2D eigenvalue weighted by atomic mass is 10.0. The summed E-state index contributed by atoms with van der Waals surface area (Å²) in [7, 11) is 0. The van der Waals surface area contributed by atoms with Gasteiger partial charge in [0.05, 0.1) is 10.5 Å². The summed E-state index contributed by atoms with van der Waals surface area (Å²) in [5.41, 5.74) is 0.202. The number of nitro benzene ring substituents is 1. The number of carbonyl (C=O) groups is 1. The Labute approximate surface area is 151 Å². The topological polar surface area (TPSA) is 138 Å². The molecule has 1 heterocycles. The minimum absolute atomic E-state index is 0.0131. The standard InChI is InChI=1S/C15H8ClNO5.C2H4O2/c16-8-1-3-10(13(5-8)17(20)21)12-7-22-14-6-9(18)2-4-11(14)15(12)19;1-2(3)4/h1-7,18H;1H3,(H,3,4). The number of nitrogens with zero attached hydrogens (tertiary/aromatic N) is 1. The van der Waals surface area contributed by atoms with Gasteiger partial charge in [-0.2, -0.15) is 0 Å². The minimum Gasteiger partial charge on any atom is -0.550 e.